The van der Waals surface area contributed by atoms with Gasteiger partial charge in [-0.05, 0) is 43.4 Å². The molecular weight excluding hydrogens is 280 g/mol. The lowest BCUT2D eigenvalue weighted by molar-refractivity contribution is -0.140. The molecule has 116 valence electrons. The van der Waals surface area contributed by atoms with Crippen LogP contribution in [0, 0.1) is 6.92 Å². The predicted molar refractivity (Wildman–Crippen MR) is 84.8 cm³/mol. The smallest absolute Gasteiger partial charge is 0.253 e. The van der Waals surface area contributed by atoms with E-state index in [2.05, 4.69) is 4.98 Å². The lowest BCUT2D eigenvalue weighted by atomic mass is 10.1. The summed E-state index contributed by atoms with van der Waals surface area (Å²) in [5.41, 5.74) is 2.39. The molecule has 0 aliphatic carbocycles. The van der Waals surface area contributed by atoms with Crippen LogP contribution in [0.25, 0.3) is 10.9 Å². The Labute approximate surface area is 128 Å². The van der Waals surface area contributed by atoms with Gasteiger partial charge >= 0.3 is 0 Å². The van der Waals surface area contributed by atoms with Crippen molar-refractivity contribution in [2.24, 2.45) is 0 Å². The van der Waals surface area contributed by atoms with E-state index in [-0.39, 0.29) is 24.1 Å². The van der Waals surface area contributed by atoms with Gasteiger partial charge in [-0.1, -0.05) is 11.6 Å². The zero-order chi connectivity index (χ0) is 15.7. The first-order chi connectivity index (χ1) is 10.5. The fourth-order valence-electron chi connectivity index (χ4n) is 2.84. The highest BCUT2D eigenvalue weighted by molar-refractivity contribution is 5.82. The number of benzene rings is 1. The van der Waals surface area contributed by atoms with Crippen LogP contribution in [-0.4, -0.2) is 35.5 Å². The lowest BCUT2D eigenvalue weighted by Crippen LogP contribution is -2.36. The van der Waals surface area contributed by atoms with Crippen molar-refractivity contribution in [3.05, 3.63) is 45.7 Å². The van der Waals surface area contributed by atoms with Crippen molar-refractivity contribution in [1.82, 2.24) is 9.88 Å². The third-order valence-corrected chi connectivity index (χ3v) is 4.07. The van der Waals surface area contributed by atoms with E-state index in [0.717, 1.165) is 29.3 Å². The van der Waals surface area contributed by atoms with E-state index in [9.17, 15) is 9.59 Å². The molecule has 0 radical (unpaired) electrons. The van der Waals surface area contributed by atoms with Gasteiger partial charge in [-0.25, -0.2) is 0 Å². The first-order valence-corrected chi connectivity index (χ1v) is 7.54. The van der Waals surface area contributed by atoms with Crippen LogP contribution in [0.2, 0.25) is 0 Å². The third-order valence-electron chi connectivity index (χ3n) is 4.07. The van der Waals surface area contributed by atoms with Gasteiger partial charge in [0.25, 0.3) is 11.5 Å². The molecule has 1 atom stereocenters. The third kappa shape index (κ3) is 2.90. The summed E-state index contributed by atoms with van der Waals surface area (Å²) in [5, 5.41) is 0.979. The maximum absolute atomic E-state index is 12.3. The topological polar surface area (TPSA) is 62.4 Å². The lowest BCUT2D eigenvalue weighted by Gasteiger charge is -2.20. The number of aromatic nitrogens is 1. The van der Waals surface area contributed by atoms with Crippen LogP contribution in [0.3, 0.4) is 0 Å². The average molecular weight is 300 g/mol. The number of likely N-dealkylation sites (N-methyl/N-ethyl adjacent to an activating group) is 1. The Morgan fingerprint density at radius 1 is 1.41 bits per heavy atom. The standard InChI is InChI=1S/C17H20N2O3/c1-11-5-6-14-12(8-11)9-13(16(20)18-14)10-19(2)17(21)15-4-3-7-22-15/h5-6,8-9,15H,3-4,7,10H2,1-2H3,(H,18,20)/t15-/m1/s1. The number of ether oxygens (including phenoxy) is 1. The highest BCUT2D eigenvalue weighted by Crippen LogP contribution is 2.17. The summed E-state index contributed by atoms with van der Waals surface area (Å²) in [7, 11) is 1.71. The molecular formula is C17H20N2O3. The number of rotatable bonds is 3. The molecule has 22 heavy (non-hydrogen) atoms. The number of aryl methyl sites for hydroxylation is 1. The number of hydrogen-bond donors (Lipinski definition) is 1. The van der Waals surface area contributed by atoms with Gasteiger partial charge in [0, 0.05) is 24.7 Å². The first-order valence-electron chi connectivity index (χ1n) is 7.54. The molecule has 1 aromatic heterocycles. The Bertz CT molecular complexity index is 760. The molecule has 1 aliphatic rings. The van der Waals surface area contributed by atoms with Crippen LogP contribution in [0.1, 0.15) is 24.0 Å². The minimum absolute atomic E-state index is 0.0544. The maximum atomic E-state index is 12.3. The normalized spacial score (nSPS) is 17.8. The fourth-order valence-corrected chi connectivity index (χ4v) is 2.84. The van der Waals surface area contributed by atoms with Crippen molar-refractivity contribution < 1.29 is 9.53 Å². The van der Waals surface area contributed by atoms with Gasteiger partial charge in [-0.3, -0.25) is 9.59 Å². The summed E-state index contributed by atoms with van der Waals surface area (Å²) < 4.78 is 5.41. The van der Waals surface area contributed by atoms with E-state index in [1.807, 2.05) is 31.2 Å². The summed E-state index contributed by atoms with van der Waals surface area (Å²) in [5.74, 6) is -0.0544. The summed E-state index contributed by atoms with van der Waals surface area (Å²) in [6, 6.07) is 7.75. The number of pyridine rings is 1. The van der Waals surface area contributed by atoms with Crippen LogP contribution in [0.15, 0.2) is 29.1 Å². The monoisotopic (exact) mass is 300 g/mol. The number of amides is 1. The molecule has 2 aromatic rings. The van der Waals surface area contributed by atoms with Crippen molar-refractivity contribution in [3.63, 3.8) is 0 Å². The molecule has 5 heteroatoms. The Morgan fingerprint density at radius 3 is 2.95 bits per heavy atom. The van der Waals surface area contributed by atoms with Gasteiger partial charge in [0.2, 0.25) is 0 Å². The Balaban J connectivity index is 1.84. The van der Waals surface area contributed by atoms with E-state index in [4.69, 9.17) is 4.74 Å². The Hall–Kier alpha value is -2.14. The molecule has 0 bridgehead atoms. The Kier molecular flexibility index (Phi) is 3.98. The highest BCUT2D eigenvalue weighted by atomic mass is 16.5. The number of nitrogens with zero attached hydrogens (tertiary/aromatic N) is 1. The van der Waals surface area contributed by atoms with E-state index < -0.39 is 0 Å². The fraction of sp³-hybridized carbons (Fsp3) is 0.412. The molecule has 1 aromatic carbocycles. The van der Waals surface area contributed by atoms with Crippen molar-refractivity contribution in [3.8, 4) is 0 Å². The van der Waals surface area contributed by atoms with E-state index >= 15 is 0 Å². The van der Waals surface area contributed by atoms with Crippen LogP contribution in [0.4, 0.5) is 0 Å². The van der Waals surface area contributed by atoms with E-state index in [1.165, 1.54) is 0 Å². The minimum Gasteiger partial charge on any atom is -0.368 e. The largest absolute Gasteiger partial charge is 0.368 e. The molecule has 0 saturated carbocycles. The van der Waals surface area contributed by atoms with E-state index in [1.54, 1.807) is 11.9 Å². The van der Waals surface area contributed by atoms with Crippen molar-refractivity contribution in [2.45, 2.75) is 32.4 Å². The first kappa shape index (κ1) is 14.8. The number of nitrogens with one attached hydrogen (secondary N) is 1. The average Bonchev–Trinajstić information content (AvgIpc) is 3.02. The van der Waals surface area contributed by atoms with Gasteiger partial charge in [-0.15, -0.1) is 0 Å². The van der Waals surface area contributed by atoms with Gasteiger partial charge in [-0.2, -0.15) is 0 Å². The SMILES string of the molecule is Cc1ccc2[nH]c(=O)c(CN(C)C(=O)[C@H]3CCCO3)cc2c1. The number of fused-ring (bicyclic) bond motifs is 1. The van der Waals surface area contributed by atoms with E-state index in [0.29, 0.717) is 12.2 Å². The summed E-state index contributed by atoms with van der Waals surface area (Å²) in [4.78, 5) is 28.9. The predicted octanol–water partition coefficient (Wildman–Crippen LogP) is 1.97. The van der Waals surface area contributed by atoms with Crippen molar-refractivity contribution in [1.29, 1.82) is 0 Å². The van der Waals surface area contributed by atoms with Crippen LogP contribution in [-0.2, 0) is 16.1 Å². The molecule has 3 rings (SSSR count). The molecule has 1 amide bonds. The van der Waals surface area contributed by atoms with Crippen molar-refractivity contribution in [2.75, 3.05) is 13.7 Å². The zero-order valence-corrected chi connectivity index (χ0v) is 12.9. The number of aromatic amines is 1. The summed E-state index contributed by atoms with van der Waals surface area (Å²) in [6.07, 6.45) is 1.32. The minimum atomic E-state index is -0.355. The summed E-state index contributed by atoms with van der Waals surface area (Å²) >= 11 is 0. The van der Waals surface area contributed by atoms with Crippen LogP contribution >= 0.6 is 0 Å². The molecule has 2 heterocycles. The van der Waals surface area contributed by atoms with Crippen LogP contribution < -0.4 is 5.56 Å². The second kappa shape index (κ2) is 5.93. The van der Waals surface area contributed by atoms with Gasteiger partial charge < -0.3 is 14.6 Å². The molecule has 1 N–H and O–H groups in total. The number of carbonyl (C=O) groups excluding carboxylic acids is 1. The quantitative estimate of drug-likeness (QED) is 0.942. The van der Waals surface area contributed by atoms with Gasteiger partial charge in [0.05, 0.1) is 6.54 Å². The molecule has 1 fully saturated rings. The molecule has 1 aliphatic heterocycles. The maximum Gasteiger partial charge on any atom is 0.253 e. The second-order valence-electron chi connectivity index (χ2n) is 5.91. The molecule has 0 spiro atoms. The number of hydrogen-bond acceptors (Lipinski definition) is 3. The number of carbonyl (C=O) groups is 1. The summed E-state index contributed by atoms with van der Waals surface area (Å²) in [6.45, 7) is 2.94. The zero-order valence-electron chi connectivity index (χ0n) is 12.9. The molecule has 5 nitrogen and oxygen atoms in total. The van der Waals surface area contributed by atoms with Crippen LogP contribution in [0.5, 0.6) is 0 Å². The molecule has 0 unspecified atom stereocenters. The Morgan fingerprint density at radius 2 is 2.23 bits per heavy atom. The molecule has 1 saturated heterocycles. The van der Waals surface area contributed by atoms with Crippen molar-refractivity contribution >= 4 is 16.8 Å². The highest BCUT2D eigenvalue weighted by Gasteiger charge is 2.26. The number of H-pyrrole nitrogens is 1. The van der Waals surface area contributed by atoms with Gasteiger partial charge in [0.1, 0.15) is 6.10 Å². The second-order valence-corrected chi connectivity index (χ2v) is 5.91. The van der Waals surface area contributed by atoms with Gasteiger partial charge in [0.15, 0.2) is 0 Å².